The normalized spacial score (nSPS) is 15.3. The fraction of sp³-hybridized carbons (Fsp3) is 0.217. The van der Waals surface area contributed by atoms with Crippen LogP contribution in [0.25, 0.3) is 11.1 Å². The van der Waals surface area contributed by atoms with Gasteiger partial charge >= 0.3 is 0 Å². The van der Waals surface area contributed by atoms with Gasteiger partial charge in [-0.2, -0.15) is 0 Å². The highest BCUT2D eigenvalue weighted by molar-refractivity contribution is 7.12. The SMILES string of the molecule is Cc1cc(C2=C(c3cc(C)sc3C)C(=O)C(c3ccccc3)C2=O)c(C)s1. The number of hydrogen-bond donors (Lipinski definition) is 0. The number of Topliss-reactive ketones (excluding diaryl/α,β-unsaturated/α-hetero) is 2. The summed E-state index contributed by atoms with van der Waals surface area (Å²) in [6, 6.07) is 13.5. The Kier molecular flexibility index (Phi) is 4.49. The van der Waals surface area contributed by atoms with E-state index in [0.29, 0.717) is 11.1 Å². The quantitative estimate of drug-likeness (QED) is 0.521. The van der Waals surface area contributed by atoms with E-state index in [9.17, 15) is 9.59 Å². The highest BCUT2D eigenvalue weighted by Gasteiger charge is 2.44. The van der Waals surface area contributed by atoms with Crippen molar-refractivity contribution in [1.82, 2.24) is 0 Å². The van der Waals surface area contributed by atoms with Crippen LogP contribution in [0.3, 0.4) is 0 Å². The van der Waals surface area contributed by atoms with Gasteiger partial charge in [0.25, 0.3) is 0 Å². The summed E-state index contributed by atoms with van der Waals surface area (Å²) >= 11 is 3.34. The van der Waals surface area contributed by atoms with Crippen LogP contribution in [-0.4, -0.2) is 11.6 Å². The van der Waals surface area contributed by atoms with E-state index in [1.54, 1.807) is 22.7 Å². The lowest BCUT2D eigenvalue weighted by Gasteiger charge is -2.08. The molecule has 0 spiro atoms. The molecule has 0 atom stereocenters. The summed E-state index contributed by atoms with van der Waals surface area (Å²) in [7, 11) is 0. The van der Waals surface area contributed by atoms with E-state index < -0.39 is 5.92 Å². The van der Waals surface area contributed by atoms with E-state index in [2.05, 4.69) is 0 Å². The Morgan fingerprint density at radius 1 is 0.704 bits per heavy atom. The number of allylic oxidation sites excluding steroid dienone is 2. The third-order valence-corrected chi connectivity index (χ3v) is 6.95. The van der Waals surface area contributed by atoms with Gasteiger partial charge in [0.15, 0.2) is 11.6 Å². The molecule has 4 rings (SSSR count). The maximum absolute atomic E-state index is 13.5. The minimum atomic E-state index is -0.740. The minimum absolute atomic E-state index is 0.0784. The second kappa shape index (κ2) is 6.70. The van der Waals surface area contributed by atoms with E-state index in [-0.39, 0.29) is 11.6 Å². The zero-order valence-corrected chi connectivity index (χ0v) is 17.4. The second-order valence-corrected chi connectivity index (χ2v) is 9.90. The molecule has 0 radical (unpaired) electrons. The van der Waals surface area contributed by atoms with Crippen LogP contribution in [0.2, 0.25) is 0 Å². The largest absolute Gasteiger partial charge is 0.293 e. The lowest BCUT2D eigenvalue weighted by molar-refractivity contribution is -0.121. The van der Waals surface area contributed by atoms with Crippen molar-refractivity contribution in [2.24, 2.45) is 0 Å². The molecule has 4 heteroatoms. The Labute approximate surface area is 167 Å². The molecule has 2 aromatic heterocycles. The van der Waals surface area contributed by atoms with Crippen molar-refractivity contribution >= 4 is 45.4 Å². The molecule has 0 aliphatic heterocycles. The van der Waals surface area contributed by atoms with Gasteiger partial charge in [-0.1, -0.05) is 30.3 Å². The van der Waals surface area contributed by atoms with Crippen molar-refractivity contribution in [2.45, 2.75) is 33.6 Å². The van der Waals surface area contributed by atoms with Crippen LogP contribution in [0, 0.1) is 27.7 Å². The predicted octanol–water partition coefficient (Wildman–Crippen LogP) is 5.89. The maximum atomic E-state index is 13.5. The highest BCUT2D eigenvalue weighted by atomic mass is 32.1. The van der Waals surface area contributed by atoms with Crippen LogP contribution in [0.5, 0.6) is 0 Å². The second-order valence-electron chi connectivity index (χ2n) is 6.98. The number of thiophene rings is 2. The Morgan fingerprint density at radius 2 is 1.15 bits per heavy atom. The average Bonchev–Trinajstić information content (AvgIpc) is 3.21. The van der Waals surface area contributed by atoms with E-state index in [1.165, 1.54) is 0 Å². The summed E-state index contributed by atoms with van der Waals surface area (Å²) in [6.07, 6.45) is 0. The number of aryl methyl sites for hydroxylation is 4. The summed E-state index contributed by atoms with van der Waals surface area (Å²) in [5.74, 6) is -0.897. The number of carbonyl (C=O) groups excluding carboxylic acids is 2. The van der Waals surface area contributed by atoms with Crippen LogP contribution < -0.4 is 0 Å². The van der Waals surface area contributed by atoms with Crippen LogP contribution in [0.4, 0.5) is 0 Å². The third kappa shape index (κ3) is 2.93. The highest BCUT2D eigenvalue weighted by Crippen LogP contribution is 2.46. The van der Waals surface area contributed by atoms with Crippen LogP contribution in [0.15, 0.2) is 42.5 Å². The molecule has 0 N–H and O–H groups in total. The Hall–Kier alpha value is -2.30. The molecule has 0 saturated carbocycles. The van der Waals surface area contributed by atoms with Crippen molar-refractivity contribution in [2.75, 3.05) is 0 Å². The van der Waals surface area contributed by atoms with Gasteiger partial charge in [-0.3, -0.25) is 9.59 Å². The van der Waals surface area contributed by atoms with Gasteiger partial charge in [0, 0.05) is 30.7 Å². The van der Waals surface area contributed by atoms with Crippen molar-refractivity contribution in [1.29, 1.82) is 0 Å². The fourth-order valence-corrected chi connectivity index (χ4v) is 5.76. The standard InChI is InChI=1S/C23H20O2S2/c1-12-10-17(14(3)26-12)20-21(18-11-13(2)27-15(18)4)23(25)19(22(20)24)16-8-6-5-7-9-16/h5-11,19H,1-4H3. The first-order chi connectivity index (χ1) is 12.9. The first kappa shape index (κ1) is 18.1. The predicted molar refractivity (Wildman–Crippen MR) is 114 cm³/mol. The van der Waals surface area contributed by atoms with E-state index in [1.807, 2.05) is 70.2 Å². The van der Waals surface area contributed by atoms with Crippen molar-refractivity contribution in [3.8, 4) is 0 Å². The van der Waals surface area contributed by atoms with E-state index >= 15 is 0 Å². The van der Waals surface area contributed by atoms with Crippen molar-refractivity contribution in [3.05, 3.63) is 78.7 Å². The van der Waals surface area contributed by atoms with E-state index in [0.717, 1.165) is 36.2 Å². The molecule has 1 aromatic carbocycles. The molecule has 27 heavy (non-hydrogen) atoms. The molecule has 3 aromatic rings. The molecule has 2 heterocycles. The van der Waals surface area contributed by atoms with Crippen molar-refractivity contribution < 1.29 is 9.59 Å². The minimum Gasteiger partial charge on any atom is -0.293 e. The summed E-state index contributed by atoms with van der Waals surface area (Å²) < 4.78 is 0. The summed E-state index contributed by atoms with van der Waals surface area (Å²) in [5, 5.41) is 0. The fourth-order valence-electron chi connectivity index (χ4n) is 3.90. The maximum Gasteiger partial charge on any atom is 0.179 e. The van der Waals surface area contributed by atoms with Gasteiger partial charge < -0.3 is 0 Å². The third-order valence-electron chi connectivity index (χ3n) is 5.02. The first-order valence-electron chi connectivity index (χ1n) is 8.91. The Morgan fingerprint density at radius 3 is 1.52 bits per heavy atom. The number of rotatable bonds is 3. The number of carbonyl (C=O) groups is 2. The van der Waals surface area contributed by atoms with Gasteiger partial charge in [-0.15, -0.1) is 22.7 Å². The number of ketones is 2. The lowest BCUT2D eigenvalue weighted by atomic mass is 9.92. The summed E-state index contributed by atoms with van der Waals surface area (Å²) in [5.41, 5.74) is 3.78. The monoisotopic (exact) mass is 392 g/mol. The smallest absolute Gasteiger partial charge is 0.179 e. The van der Waals surface area contributed by atoms with E-state index in [4.69, 9.17) is 0 Å². The van der Waals surface area contributed by atoms with Gasteiger partial charge in [0.2, 0.25) is 0 Å². The molecule has 0 saturated heterocycles. The van der Waals surface area contributed by atoms with Gasteiger partial charge in [0.05, 0.1) is 0 Å². The van der Waals surface area contributed by atoms with Crippen LogP contribution in [-0.2, 0) is 9.59 Å². The molecule has 1 aliphatic rings. The zero-order valence-electron chi connectivity index (χ0n) is 15.8. The zero-order chi connectivity index (χ0) is 19.3. The summed E-state index contributed by atoms with van der Waals surface area (Å²) in [6.45, 7) is 8.13. The molecule has 0 fully saturated rings. The van der Waals surface area contributed by atoms with Gasteiger partial charge in [-0.05, 0) is 56.5 Å². The van der Waals surface area contributed by atoms with Gasteiger partial charge in [-0.25, -0.2) is 0 Å². The molecular weight excluding hydrogens is 372 g/mol. The first-order valence-corrected chi connectivity index (χ1v) is 10.5. The molecule has 0 unspecified atom stereocenters. The summed E-state index contributed by atoms with van der Waals surface area (Å²) in [4.78, 5) is 31.5. The average molecular weight is 393 g/mol. The van der Waals surface area contributed by atoms with Gasteiger partial charge in [0.1, 0.15) is 5.92 Å². The molecule has 1 aliphatic carbocycles. The van der Waals surface area contributed by atoms with Crippen LogP contribution in [0.1, 0.15) is 42.1 Å². The number of benzene rings is 1. The Bertz CT molecular complexity index is 1030. The topological polar surface area (TPSA) is 34.1 Å². The molecule has 0 bridgehead atoms. The molecule has 136 valence electrons. The lowest BCUT2D eigenvalue weighted by Crippen LogP contribution is -2.15. The Balaban J connectivity index is 1.98. The molecular formula is C23H20O2S2. The van der Waals surface area contributed by atoms with Crippen LogP contribution >= 0.6 is 22.7 Å². The molecule has 0 amide bonds. The van der Waals surface area contributed by atoms with Crippen molar-refractivity contribution in [3.63, 3.8) is 0 Å². The number of hydrogen-bond acceptors (Lipinski definition) is 4. The molecule has 2 nitrogen and oxygen atoms in total.